The zero-order chi connectivity index (χ0) is 19.8. The van der Waals surface area contributed by atoms with Crippen LogP contribution in [0.2, 0.25) is 0 Å². The van der Waals surface area contributed by atoms with Crippen LogP contribution in [0.15, 0.2) is 44.2 Å². The standard InChI is InChI=1S/C18H12BrN3O5S/c1-9(23)27-15-11(19)6-10(7-13(15)25-2)8-14-17(24)22-18(28-14)20-16(21-22)12-4-3-5-26-12/h3-8H,1-2H3. The molecule has 10 heteroatoms. The van der Waals surface area contributed by atoms with E-state index in [4.69, 9.17) is 13.9 Å². The van der Waals surface area contributed by atoms with Crippen molar-refractivity contribution in [3.05, 3.63) is 55.5 Å². The number of nitrogens with zero attached hydrogens (tertiary/aromatic N) is 3. The summed E-state index contributed by atoms with van der Waals surface area (Å²) in [6.45, 7) is 1.31. The molecule has 0 aliphatic rings. The summed E-state index contributed by atoms with van der Waals surface area (Å²) < 4.78 is 17.9. The fourth-order valence-corrected chi connectivity index (χ4v) is 4.01. The zero-order valence-electron chi connectivity index (χ0n) is 14.6. The highest BCUT2D eigenvalue weighted by Crippen LogP contribution is 2.37. The second kappa shape index (κ2) is 7.21. The number of rotatable bonds is 4. The lowest BCUT2D eigenvalue weighted by atomic mass is 10.2. The first-order valence-electron chi connectivity index (χ1n) is 7.97. The molecule has 0 bridgehead atoms. The fourth-order valence-electron chi connectivity index (χ4n) is 2.56. The van der Waals surface area contributed by atoms with E-state index in [2.05, 4.69) is 26.0 Å². The van der Waals surface area contributed by atoms with Gasteiger partial charge < -0.3 is 13.9 Å². The highest BCUT2D eigenvalue weighted by atomic mass is 79.9. The van der Waals surface area contributed by atoms with Gasteiger partial charge in [-0.2, -0.15) is 9.50 Å². The third-order valence-electron chi connectivity index (χ3n) is 3.72. The lowest BCUT2D eigenvalue weighted by molar-refractivity contribution is -0.132. The lowest BCUT2D eigenvalue weighted by Crippen LogP contribution is -2.23. The largest absolute Gasteiger partial charge is 0.493 e. The van der Waals surface area contributed by atoms with Crippen molar-refractivity contribution in [1.29, 1.82) is 0 Å². The minimum atomic E-state index is -0.463. The van der Waals surface area contributed by atoms with Gasteiger partial charge in [0.2, 0.25) is 10.8 Å². The molecular weight excluding hydrogens is 450 g/mol. The normalized spacial score (nSPS) is 11.9. The number of thiazole rings is 1. The summed E-state index contributed by atoms with van der Waals surface area (Å²) in [7, 11) is 1.47. The van der Waals surface area contributed by atoms with Crippen LogP contribution in [0.25, 0.3) is 22.6 Å². The van der Waals surface area contributed by atoms with Gasteiger partial charge in [0.25, 0.3) is 5.56 Å². The van der Waals surface area contributed by atoms with E-state index in [-0.39, 0.29) is 11.3 Å². The molecule has 0 spiro atoms. The van der Waals surface area contributed by atoms with Gasteiger partial charge >= 0.3 is 5.97 Å². The second-order valence-electron chi connectivity index (χ2n) is 5.65. The van der Waals surface area contributed by atoms with Crippen LogP contribution in [0.4, 0.5) is 0 Å². The maximum atomic E-state index is 12.7. The van der Waals surface area contributed by atoms with E-state index < -0.39 is 5.97 Å². The van der Waals surface area contributed by atoms with Gasteiger partial charge in [-0.25, -0.2) is 0 Å². The molecule has 142 valence electrons. The summed E-state index contributed by atoms with van der Waals surface area (Å²) in [5.41, 5.74) is 0.400. The third-order valence-corrected chi connectivity index (χ3v) is 5.27. The molecule has 0 amide bonds. The molecule has 4 rings (SSSR count). The van der Waals surface area contributed by atoms with Crippen molar-refractivity contribution in [2.24, 2.45) is 0 Å². The van der Waals surface area contributed by atoms with Crippen molar-refractivity contribution in [3.63, 3.8) is 0 Å². The molecule has 4 aromatic rings. The van der Waals surface area contributed by atoms with E-state index in [1.807, 2.05) is 0 Å². The Morgan fingerprint density at radius 3 is 2.86 bits per heavy atom. The highest BCUT2D eigenvalue weighted by Gasteiger charge is 2.15. The molecule has 0 unspecified atom stereocenters. The van der Waals surface area contributed by atoms with Crippen LogP contribution in [0.3, 0.4) is 0 Å². The molecule has 0 radical (unpaired) electrons. The molecule has 3 heterocycles. The molecule has 0 atom stereocenters. The molecule has 0 N–H and O–H groups in total. The average molecular weight is 462 g/mol. The van der Waals surface area contributed by atoms with E-state index >= 15 is 0 Å². The Bertz CT molecular complexity index is 1290. The number of benzene rings is 1. The van der Waals surface area contributed by atoms with E-state index in [1.54, 1.807) is 30.3 Å². The van der Waals surface area contributed by atoms with Crippen molar-refractivity contribution in [2.75, 3.05) is 7.11 Å². The first-order chi connectivity index (χ1) is 13.5. The molecule has 1 aromatic carbocycles. The molecule has 8 nitrogen and oxygen atoms in total. The van der Waals surface area contributed by atoms with Gasteiger partial charge in [0.15, 0.2) is 17.3 Å². The number of fused-ring (bicyclic) bond motifs is 1. The van der Waals surface area contributed by atoms with Crippen LogP contribution in [-0.2, 0) is 4.79 Å². The van der Waals surface area contributed by atoms with Gasteiger partial charge in [-0.15, -0.1) is 5.10 Å². The number of esters is 1. The summed E-state index contributed by atoms with van der Waals surface area (Å²) in [6, 6.07) is 6.86. The summed E-state index contributed by atoms with van der Waals surface area (Å²) in [5, 5.41) is 4.21. The fraction of sp³-hybridized carbons (Fsp3) is 0.111. The first-order valence-corrected chi connectivity index (χ1v) is 9.58. The monoisotopic (exact) mass is 461 g/mol. The van der Waals surface area contributed by atoms with Crippen molar-refractivity contribution in [1.82, 2.24) is 14.6 Å². The summed E-state index contributed by atoms with van der Waals surface area (Å²) in [4.78, 5) is 28.7. The molecule has 3 aromatic heterocycles. The van der Waals surface area contributed by atoms with Gasteiger partial charge in [-0.1, -0.05) is 11.3 Å². The van der Waals surface area contributed by atoms with Crippen LogP contribution in [0, 0.1) is 0 Å². The Labute approximate surface area is 170 Å². The van der Waals surface area contributed by atoms with E-state index in [0.717, 1.165) is 0 Å². The maximum absolute atomic E-state index is 12.7. The maximum Gasteiger partial charge on any atom is 0.308 e. The second-order valence-corrected chi connectivity index (χ2v) is 7.51. The number of aromatic nitrogens is 3. The number of methoxy groups -OCH3 is 1. The van der Waals surface area contributed by atoms with Gasteiger partial charge in [0.05, 0.1) is 22.4 Å². The topological polar surface area (TPSA) is 95.9 Å². The zero-order valence-corrected chi connectivity index (χ0v) is 17.0. The number of furan rings is 1. The van der Waals surface area contributed by atoms with Gasteiger partial charge in [-0.05, 0) is 51.8 Å². The molecule has 0 aliphatic carbocycles. The van der Waals surface area contributed by atoms with Crippen LogP contribution in [0.5, 0.6) is 11.5 Å². The number of carbonyl (C=O) groups is 1. The van der Waals surface area contributed by atoms with Crippen LogP contribution < -0.4 is 19.6 Å². The van der Waals surface area contributed by atoms with Crippen molar-refractivity contribution in [3.8, 4) is 23.1 Å². The van der Waals surface area contributed by atoms with Crippen LogP contribution in [-0.4, -0.2) is 27.7 Å². The van der Waals surface area contributed by atoms with Crippen molar-refractivity contribution in [2.45, 2.75) is 6.92 Å². The number of halogens is 1. The first kappa shape index (κ1) is 18.4. The Morgan fingerprint density at radius 2 is 2.21 bits per heavy atom. The third kappa shape index (κ3) is 3.32. The summed E-state index contributed by atoms with van der Waals surface area (Å²) in [6.07, 6.45) is 3.22. The number of hydrogen-bond acceptors (Lipinski definition) is 8. The van der Waals surface area contributed by atoms with Crippen LogP contribution in [0.1, 0.15) is 12.5 Å². The molecule has 28 heavy (non-hydrogen) atoms. The Kier molecular flexibility index (Phi) is 4.73. The predicted molar refractivity (Wildman–Crippen MR) is 106 cm³/mol. The molecule has 0 saturated heterocycles. The minimum Gasteiger partial charge on any atom is -0.493 e. The van der Waals surface area contributed by atoms with E-state index in [0.29, 0.717) is 36.9 Å². The average Bonchev–Trinajstić information content (AvgIpc) is 3.36. The van der Waals surface area contributed by atoms with Crippen LogP contribution >= 0.6 is 27.3 Å². The Morgan fingerprint density at radius 1 is 1.39 bits per heavy atom. The lowest BCUT2D eigenvalue weighted by Gasteiger charge is -2.10. The molecule has 0 aliphatic heterocycles. The minimum absolute atomic E-state index is 0.278. The van der Waals surface area contributed by atoms with E-state index in [9.17, 15) is 9.59 Å². The molecule has 0 fully saturated rings. The van der Waals surface area contributed by atoms with Crippen molar-refractivity contribution < 1.29 is 18.7 Å². The number of carbonyl (C=O) groups excluding carboxylic acids is 1. The SMILES string of the molecule is COc1cc(C=c2sc3nc(-c4ccco4)nn3c2=O)cc(Br)c1OC(C)=O. The van der Waals surface area contributed by atoms with Gasteiger partial charge in [0, 0.05) is 6.92 Å². The van der Waals surface area contributed by atoms with E-state index in [1.165, 1.54) is 36.1 Å². The number of hydrogen-bond donors (Lipinski definition) is 0. The van der Waals surface area contributed by atoms with Crippen molar-refractivity contribution >= 4 is 44.3 Å². The Hall–Kier alpha value is -2.98. The van der Waals surface area contributed by atoms with Gasteiger partial charge in [-0.3, -0.25) is 9.59 Å². The molecular formula is C18H12BrN3O5S. The number of ether oxygens (including phenoxy) is 2. The summed E-state index contributed by atoms with van der Waals surface area (Å²) >= 11 is 4.57. The predicted octanol–water partition coefficient (Wildman–Crippen LogP) is 2.66. The smallest absolute Gasteiger partial charge is 0.308 e. The highest BCUT2D eigenvalue weighted by molar-refractivity contribution is 9.10. The Balaban J connectivity index is 1.78. The summed E-state index contributed by atoms with van der Waals surface area (Å²) in [5.74, 6) is 1.03. The molecule has 0 saturated carbocycles. The quantitative estimate of drug-likeness (QED) is 0.340. The van der Waals surface area contributed by atoms with Gasteiger partial charge in [0.1, 0.15) is 0 Å².